The molecule has 1 aromatic carbocycles. The Morgan fingerprint density at radius 1 is 1.35 bits per heavy atom. The fourth-order valence-electron chi connectivity index (χ4n) is 2.30. The number of furan rings is 1. The number of carbonyl (C=O) groups excluding carboxylic acids is 1. The molecule has 0 bridgehead atoms. The maximum atomic E-state index is 12.2. The Labute approximate surface area is 135 Å². The lowest BCUT2D eigenvalue weighted by atomic mass is 10.1. The molecule has 0 aliphatic heterocycles. The van der Waals surface area contributed by atoms with Crippen LogP contribution in [0, 0.1) is 5.92 Å². The van der Waals surface area contributed by atoms with Gasteiger partial charge in [0.25, 0.3) is 5.91 Å². The summed E-state index contributed by atoms with van der Waals surface area (Å²) in [7, 11) is 0. The van der Waals surface area contributed by atoms with E-state index in [4.69, 9.17) is 9.15 Å². The van der Waals surface area contributed by atoms with Gasteiger partial charge in [0.15, 0.2) is 0 Å². The van der Waals surface area contributed by atoms with Gasteiger partial charge in [-0.05, 0) is 42.5 Å². The number of carbonyl (C=O) groups is 1. The molecule has 1 aromatic heterocycles. The highest BCUT2D eigenvalue weighted by atomic mass is 16.5. The predicted molar refractivity (Wildman–Crippen MR) is 86.0 cm³/mol. The van der Waals surface area contributed by atoms with Crippen molar-refractivity contribution in [3.8, 4) is 11.1 Å². The summed E-state index contributed by atoms with van der Waals surface area (Å²) in [4.78, 5) is 12.2. The van der Waals surface area contributed by atoms with Gasteiger partial charge in [0, 0.05) is 24.3 Å². The molecule has 1 atom stereocenters. The van der Waals surface area contributed by atoms with Crippen LogP contribution in [0.3, 0.4) is 0 Å². The Morgan fingerprint density at radius 2 is 2.22 bits per heavy atom. The number of rotatable bonds is 8. The van der Waals surface area contributed by atoms with Crippen molar-refractivity contribution in [1.29, 1.82) is 0 Å². The zero-order valence-corrected chi connectivity index (χ0v) is 12.9. The average Bonchev–Trinajstić information content (AvgIpc) is 3.23. The van der Waals surface area contributed by atoms with Crippen LogP contribution < -0.4 is 5.32 Å². The molecule has 1 amide bonds. The molecule has 0 radical (unpaired) electrons. The van der Waals surface area contributed by atoms with Crippen molar-refractivity contribution in [2.24, 2.45) is 5.92 Å². The molecule has 0 spiro atoms. The van der Waals surface area contributed by atoms with E-state index in [1.54, 1.807) is 24.7 Å². The first kappa shape index (κ1) is 15.8. The second kappa shape index (κ2) is 7.44. The highest BCUT2D eigenvalue weighted by Gasteiger charge is 2.21. The minimum atomic E-state index is -0.685. The molecule has 122 valence electrons. The molecule has 2 N–H and O–H groups in total. The highest BCUT2D eigenvalue weighted by Crippen LogP contribution is 2.28. The molecule has 1 aliphatic carbocycles. The minimum Gasteiger partial charge on any atom is -0.472 e. The fourth-order valence-corrected chi connectivity index (χ4v) is 2.30. The molecule has 3 rings (SSSR count). The van der Waals surface area contributed by atoms with E-state index in [0.29, 0.717) is 18.1 Å². The Kier molecular flexibility index (Phi) is 5.10. The third-order valence-corrected chi connectivity index (χ3v) is 3.84. The Hall–Kier alpha value is -2.11. The summed E-state index contributed by atoms with van der Waals surface area (Å²) >= 11 is 0. The van der Waals surface area contributed by atoms with Crippen LogP contribution in [-0.2, 0) is 4.74 Å². The highest BCUT2D eigenvalue weighted by molar-refractivity contribution is 5.95. The van der Waals surface area contributed by atoms with E-state index in [9.17, 15) is 9.90 Å². The van der Waals surface area contributed by atoms with Crippen molar-refractivity contribution in [1.82, 2.24) is 5.32 Å². The van der Waals surface area contributed by atoms with Gasteiger partial charge in [-0.15, -0.1) is 0 Å². The number of aliphatic hydroxyl groups is 1. The molecule has 5 nitrogen and oxygen atoms in total. The molecule has 2 aromatic rings. The molecule has 5 heteroatoms. The van der Waals surface area contributed by atoms with E-state index in [0.717, 1.165) is 11.1 Å². The van der Waals surface area contributed by atoms with Crippen LogP contribution in [0.5, 0.6) is 0 Å². The quantitative estimate of drug-likeness (QED) is 0.785. The number of aliphatic hydroxyl groups excluding tert-OH is 1. The monoisotopic (exact) mass is 315 g/mol. The summed E-state index contributed by atoms with van der Waals surface area (Å²) in [6.07, 6.45) is 4.99. The first-order valence-corrected chi connectivity index (χ1v) is 7.89. The molecule has 1 heterocycles. The van der Waals surface area contributed by atoms with E-state index in [2.05, 4.69) is 5.32 Å². The molecule has 23 heavy (non-hydrogen) atoms. The summed E-state index contributed by atoms with van der Waals surface area (Å²) in [5.41, 5.74) is 2.39. The topological polar surface area (TPSA) is 71.7 Å². The van der Waals surface area contributed by atoms with Gasteiger partial charge in [-0.2, -0.15) is 0 Å². The number of benzene rings is 1. The van der Waals surface area contributed by atoms with Crippen molar-refractivity contribution in [2.75, 3.05) is 19.8 Å². The molecule has 1 unspecified atom stereocenters. The van der Waals surface area contributed by atoms with Crippen LogP contribution in [0.25, 0.3) is 11.1 Å². The molecule has 1 fully saturated rings. The number of hydrogen-bond acceptors (Lipinski definition) is 4. The normalized spacial score (nSPS) is 15.3. The van der Waals surface area contributed by atoms with Crippen LogP contribution in [-0.4, -0.2) is 36.9 Å². The summed E-state index contributed by atoms with van der Waals surface area (Å²) in [5, 5.41) is 12.6. The van der Waals surface area contributed by atoms with Gasteiger partial charge in [0.1, 0.15) is 0 Å². The van der Waals surface area contributed by atoms with E-state index in [1.165, 1.54) is 12.8 Å². The third-order valence-electron chi connectivity index (χ3n) is 3.84. The molecule has 0 saturated heterocycles. The maximum absolute atomic E-state index is 12.2. The predicted octanol–water partition coefficient (Wildman–Crippen LogP) is 2.46. The molecule has 1 saturated carbocycles. The third kappa shape index (κ3) is 4.68. The van der Waals surface area contributed by atoms with E-state index >= 15 is 0 Å². The van der Waals surface area contributed by atoms with Crippen molar-refractivity contribution in [3.63, 3.8) is 0 Å². The van der Waals surface area contributed by atoms with Gasteiger partial charge in [0.2, 0.25) is 0 Å². The van der Waals surface area contributed by atoms with Gasteiger partial charge in [-0.1, -0.05) is 12.1 Å². The van der Waals surface area contributed by atoms with Crippen LogP contribution in [0.15, 0.2) is 47.3 Å². The van der Waals surface area contributed by atoms with Gasteiger partial charge in [-0.25, -0.2) is 0 Å². The molecular weight excluding hydrogens is 294 g/mol. The standard InChI is InChI=1S/C18H21NO4/c20-17(12-23-10-13-4-5-13)9-19-18(21)15-3-1-2-14(8-15)16-6-7-22-11-16/h1-3,6-8,11,13,17,20H,4-5,9-10,12H2,(H,19,21). The van der Waals surface area contributed by atoms with Crippen LogP contribution in [0.1, 0.15) is 23.2 Å². The zero-order valence-electron chi connectivity index (χ0n) is 12.9. The second-order valence-electron chi connectivity index (χ2n) is 5.94. The summed E-state index contributed by atoms with van der Waals surface area (Å²) in [6, 6.07) is 9.14. The Morgan fingerprint density at radius 3 is 2.96 bits per heavy atom. The number of hydrogen-bond donors (Lipinski definition) is 2. The van der Waals surface area contributed by atoms with E-state index in [-0.39, 0.29) is 19.1 Å². The Bertz CT molecular complexity index is 634. The smallest absolute Gasteiger partial charge is 0.251 e. The average molecular weight is 315 g/mol. The van der Waals surface area contributed by atoms with Gasteiger partial charge >= 0.3 is 0 Å². The number of nitrogens with one attached hydrogen (secondary N) is 1. The zero-order chi connectivity index (χ0) is 16.1. The van der Waals surface area contributed by atoms with Crippen molar-refractivity contribution in [2.45, 2.75) is 18.9 Å². The summed E-state index contributed by atoms with van der Waals surface area (Å²) in [6.45, 7) is 1.14. The SMILES string of the molecule is O=C(NCC(O)COCC1CC1)c1cccc(-c2ccoc2)c1. The van der Waals surface area contributed by atoms with Crippen molar-refractivity contribution >= 4 is 5.91 Å². The Balaban J connectivity index is 1.48. The minimum absolute atomic E-state index is 0.180. The van der Waals surface area contributed by atoms with Gasteiger partial charge in [-0.3, -0.25) is 4.79 Å². The summed E-state index contributed by atoms with van der Waals surface area (Å²) < 4.78 is 10.5. The lowest BCUT2D eigenvalue weighted by molar-refractivity contribution is 0.0321. The molecular formula is C18H21NO4. The van der Waals surface area contributed by atoms with Crippen molar-refractivity contribution < 1.29 is 19.1 Å². The number of amides is 1. The van der Waals surface area contributed by atoms with Gasteiger partial charge in [0.05, 0.1) is 25.2 Å². The summed E-state index contributed by atoms with van der Waals surface area (Å²) in [5.74, 6) is 0.457. The largest absolute Gasteiger partial charge is 0.472 e. The fraction of sp³-hybridized carbons (Fsp3) is 0.389. The maximum Gasteiger partial charge on any atom is 0.251 e. The molecule has 1 aliphatic rings. The first-order valence-electron chi connectivity index (χ1n) is 7.89. The second-order valence-corrected chi connectivity index (χ2v) is 5.94. The van der Waals surface area contributed by atoms with Crippen LogP contribution in [0.2, 0.25) is 0 Å². The van der Waals surface area contributed by atoms with Crippen molar-refractivity contribution in [3.05, 3.63) is 48.4 Å². The number of ether oxygens (including phenoxy) is 1. The van der Waals surface area contributed by atoms with Crippen LogP contribution in [0.4, 0.5) is 0 Å². The lowest BCUT2D eigenvalue weighted by Gasteiger charge is -2.12. The van der Waals surface area contributed by atoms with E-state index < -0.39 is 6.10 Å². The van der Waals surface area contributed by atoms with Crippen LogP contribution >= 0.6 is 0 Å². The first-order chi connectivity index (χ1) is 11.2. The van der Waals surface area contributed by atoms with Gasteiger partial charge < -0.3 is 19.6 Å². The van der Waals surface area contributed by atoms with E-state index in [1.807, 2.05) is 18.2 Å². The lowest BCUT2D eigenvalue weighted by Crippen LogP contribution is -2.34.